The van der Waals surface area contributed by atoms with Crippen LogP contribution < -0.4 is 5.32 Å². The number of carbonyl (C=O) groups is 1. The number of methoxy groups -OCH3 is 1. The zero-order valence-electron chi connectivity index (χ0n) is 8.46. The van der Waals surface area contributed by atoms with E-state index in [1.807, 2.05) is 6.92 Å². The molecule has 1 unspecified atom stereocenters. The minimum Gasteiger partial charge on any atom is -0.466 e. The van der Waals surface area contributed by atoms with E-state index in [1.165, 1.54) is 7.11 Å². The first-order valence-electron chi connectivity index (χ1n) is 4.22. The average molecular weight is 183 g/mol. The fourth-order valence-electron chi connectivity index (χ4n) is 0.726. The second-order valence-electron chi connectivity index (χ2n) is 2.81. The van der Waals surface area contributed by atoms with Crippen LogP contribution in [0.2, 0.25) is 0 Å². The van der Waals surface area contributed by atoms with E-state index in [4.69, 9.17) is 0 Å². The molecule has 0 heterocycles. The molecule has 0 amide bonds. The van der Waals surface area contributed by atoms with Crippen molar-refractivity contribution < 1.29 is 9.53 Å². The fourth-order valence-corrected chi connectivity index (χ4v) is 0.726. The van der Waals surface area contributed by atoms with Crippen molar-refractivity contribution in [1.29, 1.82) is 0 Å². The lowest BCUT2D eigenvalue weighted by atomic mass is 10.2. The van der Waals surface area contributed by atoms with E-state index in [-0.39, 0.29) is 12.0 Å². The second-order valence-corrected chi connectivity index (χ2v) is 2.81. The molecule has 0 aromatic carbocycles. The molecule has 0 aliphatic rings. The summed E-state index contributed by atoms with van der Waals surface area (Å²) in [6.07, 6.45) is 3.60. The highest BCUT2D eigenvalue weighted by Crippen LogP contribution is 1.94. The van der Waals surface area contributed by atoms with Gasteiger partial charge < -0.3 is 10.1 Å². The molecule has 1 N–H and O–H groups in total. The maximum Gasteiger partial charge on any atom is 0.333 e. The van der Waals surface area contributed by atoms with Crippen molar-refractivity contribution >= 4 is 5.97 Å². The Hall–Kier alpha value is -1.09. The van der Waals surface area contributed by atoms with Gasteiger partial charge in [0, 0.05) is 18.2 Å². The van der Waals surface area contributed by atoms with Crippen molar-refractivity contribution in [2.75, 3.05) is 13.7 Å². The largest absolute Gasteiger partial charge is 0.466 e. The Morgan fingerprint density at radius 3 is 2.77 bits per heavy atom. The highest BCUT2D eigenvalue weighted by molar-refractivity contribution is 5.87. The van der Waals surface area contributed by atoms with Crippen molar-refractivity contribution in [3.8, 4) is 0 Å². The highest BCUT2D eigenvalue weighted by atomic mass is 16.5. The minimum atomic E-state index is -0.284. The van der Waals surface area contributed by atoms with E-state index in [0.717, 1.165) is 0 Å². The Kier molecular flexibility index (Phi) is 5.89. The summed E-state index contributed by atoms with van der Waals surface area (Å²) in [6, 6.07) is 0.252. The van der Waals surface area contributed by atoms with Gasteiger partial charge in [-0.25, -0.2) is 4.79 Å². The normalized spacial score (nSPS) is 13.6. The predicted molar refractivity (Wildman–Crippen MR) is 53.4 cm³/mol. The third-order valence-electron chi connectivity index (χ3n) is 1.71. The van der Waals surface area contributed by atoms with E-state index in [1.54, 1.807) is 19.1 Å². The third kappa shape index (κ3) is 5.20. The van der Waals surface area contributed by atoms with Gasteiger partial charge >= 0.3 is 5.97 Å². The summed E-state index contributed by atoms with van der Waals surface area (Å²) in [5.41, 5.74) is 0.617. The van der Waals surface area contributed by atoms with Gasteiger partial charge in [0.25, 0.3) is 0 Å². The summed E-state index contributed by atoms with van der Waals surface area (Å²) >= 11 is 0. The number of rotatable bonds is 5. The van der Waals surface area contributed by atoms with Crippen molar-refractivity contribution in [2.45, 2.75) is 19.9 Å². The van der Waals surface area contributed by atoms with Crippen LogP contribution in [0.3, 0.4) is 0 Å². The molecule has 0 aromatic rings. The molecule has 3 nitrogen and oxygen atoms in total. The van der Waals surface area contributed by atoms with Gasteiger partial charge in [0.15, 0.2) is 0 Å². The van der Waals surface area contributed by atoms with Crippen LogP contribution in [-0.4, -0.2) is 25.7 Å². The molecule has 1 atom stereocenters. The van der Waals surface area contributed by atoms with Gasteiger partial charge in [-0.15, -0.1) is 6.58 Å². The van der Waals surface area contributed by atoms with Crippen molar-refractivity contribution in [2.24, 2.45) is 0 Å². The Morgan fingerprint density at radius 1 is 1.69 bits per heavy atom. The zero-order valence-corrected chi connectivity index (χ0v) is 8.46. The predicted octanol–water partition coefficient (Wildman–Crippen LogP) is 1.27. The van der Waals surface area contributed by atoms with E-state index in [2.05, 4.69) is 16.6 Å². The Labute approximate surface area is 79.5 Å². The standard InChI is InChI=1S/C10H17NO2/c1-5-9(3)11-7-6-8(2)10(12)13-4/h5-6,9,11H,1,7H2,2-4H3/b8-6+. The summed E-state index contributed by atoms with van der Waals surface area (Å²) in [4.78, 5) is 10.9. The first kappa shape index (κ1) is 11.9. The number of hydrogen-bond donors (Lipinski definition) is 1. The molecule has 0 aliphatic carbocycles. The van der Waals surface area contributed by atoms with Crippen LogP contribution in [0.4, 0.5) is 0 Å². The lowest BCUT2D eigenvalue weighted by molar-refractivity contribution is -0.136. The summed E-state index contributed by atoms with van der Waals surface area (Å²) in [5, 5.41) is 3.14. The third-order valence-corrected chi connectivity index (χ3v) is 1.71. The SMILES string of the molecule is C=CC(C)NC/C=C(\C)C(=O)OC. The van der Waals surface area contributed by atoms with Crippen LogP contribution in [0.25, 0.3) is 0 Å². The van der Waals surface area contributed by atoms with Crippen LogP contribution in [-0.2, 0) is 9.53 Å². The second kappa shape index (κ2) is 6.43. The fraction of sp³-hybridized carbons (Fsp3) is 0.500. The molecule has 0 saturated heterocycles. The molecule has 0 spiro atoms. The molecule has 74 valence electrons. The Morgan fingerprint density at radius 2 is 2.31 bits per heavy atom. The van der Waals surface area contributed by atoms with Gasteiger partial charge in [-0.2, -0.15) is 0 Å². The molecule has 0 aliphatic heterocycles. The van der Waals surface area contributed by atoms with Gasteiger partial charge in [0.1, 0.15) is 0 Å². The molecule has 0 rings (SSSR count). The van der Waals surface area contributed by atoms with Crippen LogP contribution >= 0.6 is 0 Å². The van der Waals surface area contributed by atoms with Gasteiger partial charge in [-0.1, -0.05) is 12.2 Å². The zero-order chi connectivity index (χ0) is 10.3. The van der Waals surface area contributed by atoms with Gasteiger partial charge in [-0.3, -0.25) is 0 Å². The Balaban J connectivity index is 3.84. The van der Waals surface area contributed by atoms with Crippen LogP contribution in [0, 0.1) is 0 Å². The van der Waals surface area contributed by atoms with Crippen molar-refractivity contribution in [3.05, 3.63) is 24.3 Å². The molecular weight excluding hydrogens is 166 g/mol. The van der Waals surface area contributed by atoms with E-state index in [0.29, 0.717) is 12.1 Å². The summed E-state index contributed by atoms with van der Waals surface area (Å²) in [6.45, 7) is 8.00. The lowest BCUT2D eigenvalue weighted by Crippen LogP contribution is -2.24. The van der Waals surface area contributed by atoms with E-state index in [9.17, 15) is 4.79 Å². The molecule has 0 bridgehead atoms. The lowest BCUT2D eigenvalue weighted by Gasteiger charge is -2.06. The molecule has 0 aromatic heterocycles. The number of hydrogen-bond acceptors (Lipinski definition) is 3. The topological polar surface area (TPSA) is 38.3 Å². The van der Waals surface area contributed by atoms with E-state index >= 15 is 0 Å². The molecule has 0 fully saturated rings. The number of carbonyl (C=O) groups excluding carboxylic acids is 1. The first-order chi connectivity index (χ1) is 6.11. The van der Waals surface area contributed by atoms with E-state index < -0.39 is 0 Å². The van der Waals surface area contributed by atoms with Crippen LogP contribution in [0.15, 0.2) is 24.3 Å². The quantitative estimate of drug-likeness (QED) is 0.396. The molecule has 0 saturated carbocycles. The van der Waals surface area contributed by atoms with Crippen molar-refractivity contribution in [3.63, 3.8) is 0 Å². The molecular formula is C10H17NO2. The summed E-state index contributed by atoms with van der Waals surface area (Å²) in [7, 11) is 1.37. The monoisotopic (exact) mass is 183 g/mol. The van der Waals surface area contributed by atoms with Crippen LogP contribution in [0.1, 0.15) is 13.8 Å². The smallest absolute Gasteiger partial charge is 0.333 e. The molecule has 13 heavy (non-hydrogen) atoms. The highest BCUT2D eigenvalue weighted by Gasteiger charge is 2.01. The molecule has 0 radical (unpaired) electrons. The van der Waals surface area contributed by atoms with Crippen LogP contribution in [0.5, 0.6) is 0 Å². The maximum absolute atomic E-state index is 10.9. The molecule has 3 heteroatoms. The average Bonchev–Trinajstić information content (AvgIpc) is 2.15. The minimum absolute atomic E-state index is 0.252. The number of nitrogens with one attached hydrogen (secondary N) is 1. The van der Waals surface area contributed by atoms with Crippen molar-refractivity contribution in [1.82, 2.24) is 5.32 Å². The summed E-state index contributed by atoms with van der Waals surface area (Å²) < 4.78 is 4.54. The number of esters is 1. The van der Waals surface area contributed by atoms with Gasteiger partial charge in [0.05, 0.1) is 7.11 Å². The number of ether oxygens (including phenoxy) is 1. The Bertz CT molecular complexity index is 209. The van der Waals surface area contributed by atoms with Gasteiger partial charge in [0.2, 0.25) is 0 Å². The maximum atomic E-state index is 10.9. The van der Waals surface area contributed by atoms with Gasteiger partial charge in [-0.05, 0) is 13.8 Å². The summed E-state index contributed by atoms with van der Waals surface area (Å²) in [5.74, 6) is -0.284. The first-order valence-corrected chi connectivity index (χ1v) is 4.22.